The molecule has 0 saturated carbocycles. The van der Waals surface area contributed by atoms with E-state index in [-0.39, 0.29) is 42.0 Å². The van der Waals surface area contributed by atoms with Gasteiger partial charge in [0.2, 0.25) is 0 Å². The van der Waals surface area contributed by atoms with Crippen molar-refractivity contribution in [3.8, 4) is 5.75 Å². The molecule has 3 aromatic rings. The van der Waals surface area contributed by atoms with E-state index in [0.717, 1.165) is 55.8 Å². The van der Waals surface area contributed by atoms with Gasteiger partial charge in [0, 0.05) is 69.9 Å². The van der Waals surface area contributed by atoms with Gasteiger partial charge in [0.15, 0.2) is 0 Å². The zero-order valence-corrected chi connectivity index (χ0v) is 26.3. The lowest BCUT2D eigenvalue weighted by molar-refractivity contribution is -0.137. The molecule has 2 fully saturated rings. The van der Waals surface area contributed by atoms with Crippen LogP contribution in [0.1, 0.15) is 66.2 Å². The molecule has 0 aliphatic carbocycles. The summed E-state index contributed by atoms with van der Waals surface area (Å²) in [6, 6.07) is 22.3. The van der Waals surface area contributed by atoms with Gasteiger partial charge in [-0.3, -0.25) is 24.3 Å². The van der Waals surface area contributed by atoms with Gasteiger partial charge in [-0.05, 0) is 86.3 Å². The van der Waals surface area contributed by atoms with Crippen molar-refractivity contribution in [2.24, 2.45) is 0 Å². The standard InChI is InChI=1S/C36H45FN4O4/c1-26-24-41(27(2)23-40(26)25-28-8-5-12-32(37)20-28)35(30-10-7-13-33(42)22-30)29-9-6-11-31(21-29)36(45)39-18-16-38(17-19-39)15-4-3-14-34(43)44/h5-13,20-22,26-27,35,42H,3-4,14-19,23-25H2,1-2H3,(H,43,44)/t26-,27-,35?/m1/s1. The van der Waals surface area contributed by atoms with Crippen LogP contribution in [0.15, 0.2) is 72.8 Å². The second kappa shape index (κ2) is 15.0. The molecule has 3 atom stereocenters. The SMILES string of the molecule is C[C@@H]1CN(C(c2cccc(O)c2)c2cccc(C(=O)N3CCN(CCCCC(=O)O)CC3)c2)[C@H](C)CN1Cc1cccc(F)c1. The third-order valence-electron chi connectivity index (χ3n) is 9.18. The van der Waals surface area contributed by atoms with E-state index in [1.54, 1.807) is 18.2 Å². The molecule has 8 nitrogen and oxygen atoms in total. The Morgan fingerprint density at radius 3 is 2.29 bits per heavy atom. The summed E-state index contributed by atoms with van der Waals surface area (Å²) in [6.45, 7) is 10.3. The molecule has 0 spiro atoms. The van der Waals surface area contributed by atoms with Crippen LogP contribution >= 0.6 is 0 Å². The summed E-state index contributed by atoms with van der Waals surface area (Å²) >= 11 is 0. The number of phenolic OH excluding ortho intramolecular Hbond substituents is 1. The van der Waals surface area contributed by atoms with E-state index < -0.39 is 5.97 Å². The quantitative estimate of drug-likeness (QED) is 0.286. The highest BCUT2D eigenvalue weighted by atomic mass is 19.1. The number of nitrogens with zero attached hydrogens (tertiary/aromatic N) is 4. The molecule has 3 aromatic carbocycles. The van der Waals surface area contributed by atoms with Gasteiger partial charge in [-0.2, -0.15) is 0 Å². The van der Waals surface area contributed by atoms with Crippen LogP contribution in [0.2, 0.25) is 0 Å². The van der Waals surface area contributed by atoms with Crippen LogP contribution in [-0.2, 0) is 11.3 Å². The fourth-order valence-electron chi connectivity index (χ4n) is 6.76. The average molecular weight is 617 g/mol. The topological polar surface area (TPSA) is 87.6 Å². The highest BCUT2D eigenvalue weighted by Crippen LogP contribution is 2.35. The molecule has 9 heteroatoms. The molecule has 2 saturated heterocycles. The van der Waals surface area contributed by atoms with Crippen molar-refractivity contribution in [2.75, 3.05) is 45.8 Å². The fourth-order valence-corrected chi connectivity index (χ4v) is 6.76. The number of benzene rings is 3. The van der Waals surface area contributed by atoms with Crippen molar-refractivity contribution in [3.05, 3.63) is 101 Å². The maximum Gasteiger partial charge on any atom is 0.303 e. The van der Waals surface area contributed by atoms with E-state index >= 15 is 0 Å². The Labute approximate surface area is 265 Å². The van der Waals surface area contributed by atoms with E-state index in [2.05, 4.69) is 34.6 Å². The van der Waals surface area contributed by atoms with E-state index in [4.69, 9.17) is 5.11 Å². The number of unbranched alkanes of at least 4 members (excludes halogenated alkanes) is 1. The van der Waals surface area contributed by atoms with E-state index in [0.29, 0.717) is 31.6 Å². The Balaban J connectivity index is 1.31. The maximum absolute atomic E-state index is 13.9. The van der Waals surface area contributed by atoms with Crippen LogP contribution in [0.4, 0.5) is 4.39 Å². The van der Waals surface area contributed by atoms with E-state index in [9.17, 15) is 19.1 Å². The van der Waals surface area contributed by atoms with Crippen LogP contribution in [0.5, 0.6) is 5.75 Å². The molecule has 0 radical (unpaired) electrons. The maximum atomic E-state index is 13.9. The first-order chi connectivity index (χ1) is 21.7. The molecular formula is C36H45FN4O4. The number of piperazine rings is 2. The van der Waals surface area contributed by atoms with Gasteiger partial charge in [0.05, 0.1) is 6.04 Å². The fraction of sp³-hybridized carbons (Fsp3) is 0.444. The summed E-state index contributed by atoms with van der Waals surface area (Å²) in [5.74, 6) is -0.763. The van der Waals surface area contributed by atoms with Crippen LogP contribution in [-0.4, -0.2) is 99.6 Å². The number of phenols is 1. The highest BCUT2D eigenvalue weighted by Gasteiger charge is 2.35. The molecule has 2 aliphatic rings. The van der Waals surface area contributed by atoms with Gasteiger partial charge in [-0.15, -0.1) is 0 Å². The van der Waals surface area contributed by atoms with Crippen molar-refractivity contribution >= 4 is 11.9 Å². The molecule has 1 unspecified atom stereocenters. The van der Waals surface area contributed by atoms with E-state index in [1.165, 1.54) is 6.07 Å². The molecule has 1 amide bonds. The summed E-state index contributed by atoms with van der Waals surface area (Å²) in [5, 5.41) is 19.3. The molecule has 2 N–H and O–H groups in total. The number of carbonyl (C=O) groups excluding carboxylic acids is 1. The first-order valence-electron chi connectivity index (χ1n) is 16.0. The molecule has 2 aliphatic heterocycles. The van der Waals surface area contributed by atoms with Gasteiger partial charge in [0.25, 0.3) is 5.91 Å². The van der Waals surface area contributed by atoms with Gasteiger partial charge in [-0.25, -0.2) is 4.39 Å². The summed E-state index contributed by atoms with van der Waals surface area (Å²) in [5.41, 5.74) is 3.57. The normalized spacial score (nSPS) is 20.6. The number of carboxylic acids is 1. The van der Waals surface area contributed by atoms with Gasteiger partial charge < -0.3 is 15.1 Å². The number of carboxylic acid groups (broad SMARTS) is 1. The number of aromatic hydroxyl groups is 1. The molecule has 5 rings (SSSR count). The zero-order valence-electron chi connectivity index (χ0n) is 26.3. The minimum atomic E-state index is -0.758. The van der Waals surface area contributed by atoms with Crippen molar-refractivity contribution in [1.29, 1.82) is 0 Å². The monoisotopic (exact) mass is 616 g/mol. The van der Waals surface area contributed by atoms with Crippen molar-refractivity contribution in [1.82, 2.24) is 19.6 Å². The molecule has 240 valence electrons. The van der Waals surface area contributed by atoms with Crippen LogP contribution in [0, 0.1) is 5.82 Å². The summed E-state index contributed by atoms with van der Waals surface area (Å²) < 4.78 is 13.9. The lowest BCUT2D eigenvalue weighted by Gasteiger charge is -2.47. The Bertz CT molecular complexity index is 1460. The third-order valence-corrected chi connectivity index (χ3v) is 9.18. The smallest absolute Gasteiger partial charge is 0.303 e. The van der Waals surface area contributed by atoms with Gasteiger partial charge >= 0.3 is 5.97 Å². The first-order valence-corrected chi connectivity index (χ1v) is 16.0. The lowest BCUT2D eigenvalue weighted by Crippen LogP contribution is -2.56. The number of halogens is 1. The zero-order chi connectivity index (χ0) is 31.9. The number of carbonyl (C=O) groups is 2. The Morgan fingerprint density at radius 1 is 0.867 bits per heavy atom. The number of hydrogen-bond donors (Lipinski definition) is 2. The third kappa shape index (κ3) is 8.48. The highest BCUT2D eigenvalue weighted by molar-refractivity contribution is 5.94. The minimum absolute atomic E-state index is 0.0124. The van der Waals surface area contributed by atoms with Crippen LogP contribution < -0.4 is 0 Å². The van der Waals surface area contributed by atoms with Crippen molar-refractivity contribution in [2.45, 2.75) is 57.8 Å². The number of aliphatic carboxylic acids is 1. The minimum Gasteiger partial charge on any atom is -0.508 e. The second-order valence-corrected chi connectivity index (χ2v) is 12.6. The van der Waals surface area contributed by atoms with Crippen molar-refractivity contribution < 1.29 is 24.2 Å². The second-order valence-electron chi connectivity index (χ2n) is 12.6. The number of amides is 1. The molecule has 45 heavy (non-hydrogen) atoms. The Morgan fingerprint density at radius 2 is 1.58 bits per heavy atom. The number of hydrogen-bond acceptors (Lipinski definition) is 6. The van der Waals surface area contributed by atoms with Gasteiger partial charge in [0.1, 0.15) is 11.6 Å². The Kier molecular flexibility index (Phi) is 10.9. The van der Waals surface area contributed by atoms with Crippen LogP contribution in [0.25, 0.3) is 0 Å². The summed E-state index contributed by atoms with van der Waals surface area (Å²) in [4.78, 5) is 33.5. The Hall–Kier alpha value is -3.79. The average Bonchev–Trinajstić information content (AvgIpc) is 3.02. The van der Waals surface area contributed by atoms with Crippen molar-refractivity contribution in [3.63, 3.8) is 0 Å². The molecule has 0 aromatic heterocycles. The number of rotatable bonds is 11. The summed E-state index contributed by atoms with van der Waals surface area (Å²) in [7, 11) is 0. The largest absolute Gasteiger partial charge is 0.508 e. The van der Waals surface area contributed by atoms with Crippen LogP contribution in [0.3, 0.4) is 0 Å². The molecule has 0 bridgehead atoms. The van der Waals surface area contributed by atoms with E-state index in [1.807, 2.05) is 47.4 Å². The lowest BCUT2D eigenvalue weighted by atomic mass is 9.92. The molecule has 2 heterocycles. The first kappa shape index (κ1) is 32.6. The van der Waals surface area contributed by atoms with Gasteiger partial charge in [-0.1, -0.05) is 36.4 Å². The predicted molar refractivity (Wildman–Crippen MR) is 173 cm³/mol. The predicted octanol–water partition coefficient (Wildman–Crippen LogP) is 5.23. The molecular weight excluding hydrogens is 571 g/mol. The summed E-state index contributed by atoms with van der Waals surface area (Å²) in [6.07, 6.45) is 1.70.